The first-order chi connectivity index (χ1) is 9.01. The molecule has 0 heterocycles. The van der Waals surface area contributed by atoms with E-state index in [-0.39, 0.29) is 5.02 Å². The Morgan fingerprint density at radius 3 is 2.53 bits per heavy atom. The minimum absolute atomic E-state index is 0.0380. The fraction of sp³-hybridized carbons (Fsp3) is 0.0769. The summed E-state index contributed by atoms with van der Waals surface area (Å²) in [6.45, 7) is 0. The van der Waals surface area contributed by atoms with Crippen LogP contribution in [0.15, 0.2) is 34.8 Å². The third kappa shape index (κ3) is 3.63. The lowest BCUT2D eigenvalue weighted by Gasteiger charge is -2.12. The lowest BCUT2D eigenvalue weighted by Crippen LogP contribution is -1.92. The summed E-state index contributed by atoms with van der Waals surface area (Å²) in [4.78, 5) is 0. The van der Waals surface area contributed by atoms with Gasteiger partial charge in [0.1, 0.15) is 17.3 Å². The van der Waals surface area contributed by atoms with E-state index in [4.69, 9.17) is 27.9 Å². The third-order valence-corrected chi connectivity index (χ3v) is 4.11. The molecule has 0 bridgehead atoms. The van der Waals surface area contributed by atoms with Gasteiger partial charge in [0, 0.05) is 22.0 Å². The van der Waals surface area contributed by atoms with Crippen LogP contribution in [0, 0.1) is 5.82 Å². The monoisotopic (exact) mass is 426 g/mol. The van der Waals surface area contributed by atoms with Crippen LogP contribution in [0.4, 0.5) is 4.39 Å². The van der Waals surface area contributed by atoms with Gasteiger partial charge in [0.15, 0.2) is 0 Å². The minimum Gasteiger partial charge on any atom is -0.456 e. The maximum Gasteiger partial charge on any atom is 0.145 e. The first kappa shape index (κ1) is 15.1. The SMILES string of the molecule is Fc1cc(Oc2ccc(Cl)cc2CBr)c(Br)cc1Cl. The molecule has 1 nitrogen and oxygen atoms in total. The molecule has 6 heteroatoms. The van der Waals surface area contributed by atoms with Crippen LogP contribution in [0.5, 0.6) is 11.5 Å². The van der Waals surface area contributed by atoms with Gasteiger partial charge >= 0.3 is 0 Å². The van der Waals surface area contributed by atoms with Crippen molar-refractivity contribution in [1.29, 1.82) is 0 Å². The molecule has 0 N–H and O–H groups in total. The summed E-state index contributed by atoms with van der Waals surface area (Å²) in [7, 11) is 0. The second kappa shape index (κ2) is 6.44. The van der Waals surface area contributed by atoms with Gasteiger partial charge in [0.05, 0.1) is 9.50 Å². The van der Waals surface area contributed by atoms with Crippen molar-refractivity contribution in [3.63, 3.8) is 0 Å². The fourth-order valence-corrected chi connectivity index (χ4v) is 2.81. The molecule has 0 aliphatic heterocycles. The summed E-state index contributed by atoms with van der Waals surface area (Å²) in [5, 5.41) is 1.23. The first-order valence-corrected chi connectivity index (χ1v) is 7.85. The van der Waals surface area contributed by atoms with Gasteiger partial charge in [-0.05, 0) is 40.2 Å². The molecular weight excluding hydrogens is 422 g/mol. The van der Waals surface area contributed by atoms with Crippen LogP contribution >= 0.6 is 55.1 Å². The zero-order chi connectivity index (χ0) is 14.0. The number of rotatable bonds is 3. The van der Waals surface area contributed by atoms with Crippen molar-refractivity contribution in [2.45, 2.75) is 5.33 Å². The molecule has 0 amide bonds. The number of ether oxygens (including phenoxy) is 1. The molecule has 0 atom stereocenters. The van der Waals surface area contributed by atoms with Crippen LogP contribution in [0.2, 0.25) is 10.0 Å². The molecule has 0 spiro atoms. The second-order valence-electron chi connectivity index (χ2n) is 3.68. The second-order valence-corrected chi connectivity index (χ2v) is 5.94. The normalized spacial score (nSPS) is 10.6. The van der Waals surface area contributed by atoms with Crippen LogP contribution in [0.3, 0.4) is 0 Å². The van der Waals surface area contributed by atoms with E-state index in [2.05, 4.69) is 31.9 Å². The molecule has 0 aliphatic carbocycles. The lowest BCUT2D eigenvalue weighted by molar-refractivity contribution is 0.470. The Balaban J connectivity index is 2.39. The first-order valence-electron chi connectivity index (χ1n) is 5.18. The predicted octanol–water partition coefficient (Wildman–Crippen LogP) is 6.58. The summed E-state index contributed by atoms with van der Waals surface area (Å²) < 4.78 is 19.7. The molecule has 2 rings (SSSR count). The summed E-state index contributed by atoms with van der Waals surface area (Å²) in [6.07, 6.45) is 0. The number of benzene rings is 2. The van der Waals surface area contributed by atoms with E-state index in [1.54, 1.807) is 18.2 Å². The minimum atomic E-state index is -0.533. The van der Waals surface area contributed by atoms with Crippen molar-refractivity contribution in [1.82, 2.24) is 0 Å². The van der Waals surface area contributed by atoms with E-state index in [1.165, 1.54) is 12.1 Å². The molecule has 0 fully saturated rings. The highest BCUT2D eigenvalue weighted by Gasteiger charge is 2.11. The van der Waals surface area contributed by atoms with Gasteiger partial charge < -0.3 is 4.74 Å². The largest absolute Gasteiger partial charge is 0.456 e. The molecule has 0 saturated carbocycles. The van der Waals surface area contributed by atoms with E-state index in [1.807, 2.05) is 0 Å². The summed E-state index contributed by atoms with van der Waals surface area (Å²) in [6, 6.07) is 7.92. The van der Waals surface area contributed by atoms with Crippen molar-refractivity contribution in [3.05, 3.63) is 56.2 Å². The Morgan fingerprint density at radius 1 is 1.11 bits per heavy atom. The number of hydrogen-bond donors (Lipinski definition) is 0. The van der Waals surface area contributed by atoms with Crippen LogP contribution in [0.25, 0.3) is 0 Å². The number of hydrogen-bond acceptors (Lipinski definition) is 1. The highest BCUT2D eigenvalue weighted by atomic mass is 79.9. The maximum absolute atomic E-state index is 13.4. The number of halogens is 5. The van der Waals surface area contributed by atoms with Crippen LogP contribution in [0.1, 0.15) is 5.56 Å². The quantitative estimate of drug-likeness (QED) is 0.396. The van der Waals surface area contributed by atoms with Crippen molar-refractivity contribution < 1.29 is 9.13 Å². The van der Waals surface area contributed by atoms with Gasteiger partial charge in [-0.25, -0.2) is 4.39 Å². The molecule has 0 radical (unpaired) electrons. The molecule has 2 aromatic carbocycles. The van der Waals surface area contributed by atoms with Gasteiger partial charge in [0.25, 0.3) is 0 Å². The summed E-state index contributed by atoms with van der Waals surface area (Å²) >= 11 is 18.2. The summed E-state index contributed by atoms with van der Waals surface area (Å²) in [5.41, 5.74) is 0.870. The lowest BCUT2D eigenvalue weighted by atomic mass is 10.2. The molecule has 2 aromatic rings. The Morgan fingerprint density at radius 2 is 1.84 bits per heavy atom. The van der Waals surface area contributed by atoms with E-state index < -0.39 is 5.82 Å². The van der Waals surface area contributed by atoms with Crippen molar-refractivity contribution >= 4 is 55.1 Å². The van der Waals surface area contributed by atoms with Gasteiger partial charge in [-0.2, -0.15) is 0 Å². The standard InChI is InChI=1S/C13H7Br2Cl2FO/c14-6-7-3-8(16)1-2-12(7)19-13-5-11(18)10(17)4-9(13)15/h1-5H,6H2. The van der Waals surface area contributed by atoms with E-state index in [9.17, 15) is 4.39 Å². The average molecular weight is 429 g/mol. The molecular formula is C13H7Br2Cl2FO. The molecule has 0 aliphatic rings. The van der Waals surface area contributed by atoms with Gasteiger partial charge in [-0.3, -0.25) is 0 Å². The van der Waals surface area contributed by atoms with Crippen molar-refractivity contribution in [2.75, 3.05) is 0 Å². The van der Waals surface area contributed by atoms with Crippen LogP contribution in [-0.2, 0) is 5.33 Å². The fourth-order valence-electron chi connectivity index (χ4n) is 1.45. The zero-order valence-electron chi connectivity index (χ0n) is 9.39. The molecule has 0 unspecified atom stereocenters. The molecule has 0 aromatic heterocycles. The maximum atomic E-state index is 13.4. The average Bonchev–Trinajstić information content (AvgIpc) is 2.37. The van der Waals surface area contributed by atoms with Crippen LogP contribution in [-0.4, -0.2) is 0 Å². The van der Waals surface area contributed by atoms with Gasteiger partial charge in [-0.1, -0.05) is 39.1 Å². The number of alkyl halides is 1. The molecule has 100 valence electrons. The molecule has 0 saturated heterocycles. The zero-order valence-corrected chi connectivity index (χ0v) is 14.1. The van der Waals surface area contributed by atoms with Gasteiger partial charge in [-0.15, -0.1) is 0 Å². The van der Waals surface area contributed by atoms with E-state index in [0.29, 0.717) is 26.3 Å². The topological polar surface area (TPSA) is 9.23 Å². The Labute approximate surface area is 136 Å². The van der Waals surface area contributed by atoms with E-state index in [0.717, 1.165) is 5.56 Å². The van der Waals surface area contributed by atoms with E-state index >= 15 is 0 Å². The smallest absolute Gasteiger partial charge is 0.145 e. The Kier molecular flexibility index (Phi) is 5.12. The Bertz CT molecular complexity index is 620. The highest BCUT2D eigenvalue weighted by molar-refractivity contribution is 9.10. The highest BCUT2D eigenvalue weighted by Crippen LogP contribution is 2.36. The van der Waals surface area contributed by atoms with Crippen molar-refractivity contribution in [2.24, 2.45) is 0 Å². The third-order valence-electron chi connectivity index (χ3n) is 2.36. The van der Waals surface area contributed by atoms with Crippen LogP contribution < -0.4 is 4.74 Å². The van der Waals surface area contributed by atoms with Gasteiger partial charge in [0.2, 0.25) is 0 Å². The molecule has 19 heavy (non-hydrogen) atoms. The summed E-state index contributed by atoms with van der Waals surface area (Å²) in [5.74, 6) is 0.421. The predicted molar refractivity (Wildman–Crippen MR) is 83.3 cm³/mol. The van der Waals surface area contributed by atoms with Crippen molar-refractivity contribution in [3.8, 4) is 11.5 Å². The Hall–Kier alpha value is -0.290.